The van der Waals surface area contributed by atoms with Crippen molar-refractivity contribution < 1.29 is 9.31 Å². The summed E-state index contributed by atoms with van der Waals surface area (Å²) in [4.78, 5) is 0. The van der Waals surface area contributed by atoms with Crippen molar-refractivity contribution in [2.24, 2.45) is 5.92 Å². The summed E-state index contributed by atoms with van der Waals surface area (Å²) in [5.41, 5.74) is -0.308. The molecule has 0 spiro atoms. The molecule has 0 N–H and O–H groups in total. The van der Waals surface area contributed by atoms with E-state index in [1.54, 1.807) is 0 Å². The van der Waals surface area contributed by atoms with Gasteiger partial charge < -0.3 is 9.31 Å². The molecule has 2 nitrogen and oxygen atoms in total. The van der Waals surface area contributed by atoms with Gasteiger partial charge in [0, 0.05) is 0 Å². The third-order valence-corrected chi connectivity index (χ3v) is 4.12. The maximum Gasteiger partial charge on any atom is 0.461 e. The minimum atomic E-state index is -0.154. The molecule has 0 aromatic carbocycles. The van der Waals surface area contributed by atoms with E-state index in [2.05, 4.69) is 34.6 Å². The van der Waals surface area contributed by atoms with E-state index in [1.807, 2.05) is 0 Å². The molecule has 2 unspecified atom stereocenters. The summed E-state index contributed by atoms with van der Waals surface area (Å²) in [6.45, 7) is 10.7. The lowest BCUT2D eigenvalue weighted by Gasteiger charge is -2.32. The minimum absolute atomic E-state index is 0.0462. The van der Waals surface area contributed by atoms with E-state index in [0.29, 0.717) is 5.82 Å². The number of hydrogen-bond acceptors (Lipinski definition) is 2. The van der Waals surface area contributed by atoms with Crippen LogP contribution in [-0.2, 0) is 9.31 Å². The molecule has 2 aliphatic rings. The van der Waals surface area contributed by atoms with Gasteiger partial charge in [-0.1, -0.05) is 13.3 Å². The SMILES string of the molecule is CCC1CC1B1OC(C)(C)C(C)(C)O1. The van der Waals surface area contributed by atoms with Crippen LogP contribution in [0.1, 0.15) is 47.5 Å². The second-order valence-electron chi connectivity index (χ2n) is 5.69. The maximum absolute atomic E-state index is 6.00. The van der Waals surface area contributed by atoms with Crippen molar-refractivity contribution in [3.05, 3.63) is 0 Å². The fourth-order valence-electron chi connectivity index (χ4n) is 2.14. The van der Waals surface area contributed by atoms with Crippen LogP contribution in [0, 0.1) is 5.92 Å². The van der Waals surface area contributed by atoms with Crippen LogP contribution in [-0.4, -0.2) is 18.3 Å². The Kier molecular flexibility index (Phi) is 2.24. The van der Waals surface area contributed by atoms with Crippen molar-refractivity contribution in [3.63, 3.8) is 0 Å². The van der Waals surface area contributed by atoms with E-state index in [-0.39, 0.29) is 18.3 Å². The Balaban J connectivity index is 2.01. The van der Waals surface area contributed by atoms with Gasteiger partial charge in [0.15, 0.2) is 0 Å². The van der Waals surface area contributed by atoms with Crippen LogP contribution in [0.4, 0.5) is 0 Å². The third-order valence-electron chi connectivity index (χ3n) is 4.12. The highest BCUT2D eigenvalue weighted by molar-refractivity contribution is 6.48. The van der Waals surface area contributed by atoms with Gasteiger partial charge in [-0.15, -0.1) is 0 Å². The van der Waals surface area contributed by atoms with Gasteiger partial charge in [-0.25, -0.2) is 0 Å². The van der Waals surface area contributed by atoms with Crippen LogP contribution >= 0.6 is 0 Å². The van der Waals surface area contributed by atoms with Crippen LogP contribution in [0.3, 0.4) is 0 Å². The van der Waals surface area contributed by atoms with E-state index in [9.17, 15) is 0 Å². The Hall–Kier alpha value is -0.0151. The summed E-state index contributed by atoms with van der Waals surface area (Å²) in [6, 6.07) is 0. The standard InChI is InChI=1S/C11H21BO2/c1-6-8-7-9(8)12-13-10(2,3)11(4,5)14-12/h8-9H,6-7H2,1-5H3. The maximum atomic E-state index is 6.00. The van der Waals surface area contributed by atoms with E-state index in [1.165, 1.54) is 12.8 Å². The van der Waals surface area contributed by atoms with Gasteiger partial charge in [-0.2, -0.15) is 0 Å². The molecule has 2 atom stereocenters. The third kappa shape index (κ3) is 1.51. The quantitative estimate of drug-likeness (QED) is 0.632. The highest BCUT2D eigenvalue weighted by atomic mass is 16.7. The molecule has 80 valence electrons. The first-order valence-electron chi connectivity index (χ1n) is 5.73. The lowest BCUT2D eigenvalue weighted by atomic mass is 9.80. The van der Waals surface area contributed by atoms with E-state index in [4.69, 9.17) is 9.31 Å². The molecule has 0 radical (unpaired) electrons. The summed E-state index contributed by atoms with van der Waals surface area (Å²) in [7, 11) is 0.0462. The largest absolute Gasteiger partial charge is 0.461 e. The van der Waals surface area contributed by atoms with Crippen molar-refractivity contribution in [1.82, 2.24) is 0 Å². The Morgan fingerprint density at radius 1 is 1.14 bits per heavy atom. The van der Waals surface area contributed by atoms with Crippen LogP contribution in [0.2, 0.25) is 5.82 Å². The van der Waals surface area contributed by atoms with Crippen molar-refractivity contribution >= 4 is 7.12 Å². The molecule has 2 rings (SSSR count). The Labute approximate surface area is 87.5 Å². The van der Waals surface area contributed by atoms with Crippen molar-refractivity contribution in [1.29, 1.82) is 0 Å². The summed E-state index contributed by atoms with van der Waals surface area (Å²) in [6.07, 6.45) is 2.54. The second kappa shape index (κ2) is 2.99. The van der Waals surface area contributed by atoms with Crippen LogP contribution in [0.5, 0.6) is 0 Å². The van der Waals surface area contributed by atoms with Gasteiger partial charge in [-0.3, -0.25) is 0 Å². The van der Waals surface area contributed by atoms with E-state index in [0.717, 1.165) is 5.92 Å². The Bertz CT molecular complexity index is 221. The molecule has 0 amide bonds. The molecule has 14 heavy (non-hydrogen) atoms. The average Bonchev–Trinajstić information content (AvgIpc) is 2.75. The van der Waals surface area contributed by atoms with Gasteiger partial charge in [0.1, 0.15) is 0 Å². The monoisotopic (exact) mass is 196 g/mol. The highest BCUT2D eigenvalue weighted by Crippen LogP contribution is 2.54. The predicted molar refractivity (Wildman–Crippen MR) is 58.2 cm³/mol. The summed E-state index contributed by atoms with van der Waals surface area (Å²) < 4.78 is 12.0. The molecular formula is C11H21BO2. The summed E-state index contributed by atoms with van der Waals surface area (Å²) >= 11 is 0. The van der Waals surface area contributed by atoms with Crippen LogP contribution in [0.15, 0.2) is 0 Å². The number of rotatable bonds is 2. The van der Waals surface area contributed by atoms with Gasteiger partial charge >= 0.3 is 7.12 Å². The van der Waals surface area contributed by atoms with Crippen molar-refractivity contribution in [3.8, 4) is 0 Å². The number of hydrogen-bond donors (Lipinski definition) is 0. The molecule has 1 aliphatic heterocycles. The Morgan fingerprint density at radius 2 is 1.64 bits per heavy atom. The molecule has 3 heteroatoms. The van der Waals surface area contributed by atoms with Crippen LogP contribution in [0.25, 0.3) is 0 Å². The van der Waals surface area contributed by atoms with Crippen molar-refractivity contribution in [2.75, 3.05) is 0 Å². The molecule has 0 bridgehead atoms. The summed E-state index contributed by atoms with van der Waals surface area (Å²) in [5, 5.41) is 0. The van der Waals surface area contributed by atoms with Gasteiger partial charge in [0.2, 0.25) is 0 Å². The highest BCUT2D eigenvalue weighted by Gasteiger charge is 2.58. The van der Waals surface area contributed by atoms with Crippen molar-refractivity contribution in [2.45, 2.75) is 64.5 Å². The molecule has 1 heterocycles. The zero-order valence-corrected chi connectivity index (χ0v) is 9.96. The smallest absolute Gasteiger partial charge is 0.403 e. The average molecular weight is 196 g/mol. The summed E-state index contributed by atoms with van der Waals surface area (Å²) in [5.74, 6) is 1.49. The van der Waals surface area contributed by atoms with E-state index < -0.39 is 0 Å². The lowest BCUT2D eigenvalue weighted by Crippen LogP contribution is -2.41. The first-order valence-corrected chi connectivity index (χ1v) is 5.73. The molecule has 1 aliphatic carbocycles. The Morgan fingerprint density at radius 3 is 2.00 bits per heavy atom. The van der Waals surface area contributed by atoms with Gasteiger partial charge in [0.05, 0.1) is 11.2 Å². The molecule has 2 fully saturated rings. The zero-order chi connectivity index (χ0) is 10.6. The molecule has 0 aromatic rings. The topological polar surface area (TPSA) is 18.5 Å². The lowest BCUT2D eigenvalue weighted by molar-refractivity contribution is 0.00578. The fourth-order valence-corrected chi connectivity index (χ4v) is 2.14. The first kappa shape index (κ1) is 10.5. The van der Waals surface area contributed by atoms with E-state index >= 15 is 0 Å². The minimum Gasteiger partial charge on any atom is -0.403 e. The second-order valence-corrected chi connectivity index (χ2v) is 5.69. The molecule has 1 saturated carbocycles. The van der Waals surface area contributed by atoms with Crippen LogP contribution < -0.4 is 0 Å². The predicted octanol–water partition coefficient (Wildman–Crippen LogP) is 2.88. The fraction of sp³-hybridized carbons (Fsp3) is 1.00. The first-order chi connectivity index (χ1) is 6.37. The van der Waals surface area contributed by atoms with Gasteiger partial charge in [-0.05, 0) is 45.9 Å². The molecule has 1 saturated heterocycles. The normalized spacial score (nSPS) is 38.8. The zero-order valence-electron chi connectivity index (χ0n) is 9.96. The molecule has 0 aromatic heterocycles. The van der Waals surface area contributed by atoms with Gasteiger partial charge in [0.25, 0.3) is 0 Å². The molecular weight excluding hydrogens is 175 g/mol.